The van der Waals surface area contributed by atoms with Crippen LogP contribution in [0.3, 0.4) is 0 Å². The average molecular weight is 433 g/mol. The van der Waals surface area contributed by atoms with Crippen LogP contribution in [0, 0.1) is 0 Å². The fourth-order valence-corrected chi connectivity index (χ4v) is 2.83. The van der Waals surface area contributed by atoms with Gasteiger partial charge in [0, 0.05) is 27.7 Å². The lowest BCUT2D eigenvalue weighted by molar-refractivity contribution is -0.122. The molecule has 0 radical (unpaired) electrons. The molecule has 3 rings (SSSR count). The van der Waals surface area contributed by atoms with Gasteiger partial charge in [0.2, 0.25) is 5.91 Å². The summed E-state index contributed by atoms with van der Waals surface area (Å²) in [4.78, 5) is 24.2. The van der Waals surface area contributed by atoms with Gasteiger partial charge in [0.15, 0.2) is 0 Å². The smallest absolute Gasteiger partial charge is 0.267 e. The topological polar surface area (TPSA) is 64.0 Å². The van der Waals surface area contributed by atoms with Crippen LogP contribution in [0.2, 0.25) is 5.02 Å². The molecule has 0 saturated carbocycles. The summed E-state index contributed by atoms with van der Waals surface area (Å²) in [6, 6.07) is 17.9. The number of aromatic nitrogens is 2. The molecule has 1 N–H and O–H groups in total. The molecule has 1 heterocycles. The van der Waals surface area contributed by atoms with Crippen molar-refractivity contribution in [1.82, 2.24) is 15.1 Å². The lowest BCUT2D eigenvalue weighted by Crippen LogP contribution is -2.33. The average Bonchev–Trinajstić information content (AvgIpc) is 2.64. The Hall–Kier alpha value is -2.44. The van der Waals surface area contributed by atoms with Crippen molar-refractivity contribution < 1.29 is 4.79 Å². The van der Waals surface area contributed by atoms with Crippen molar-refractivity contribution in [2.45, 2.75) is 13.1 Å². The van der Waals surface area contributed by atoms with E-state index in [9.17, 15) is 9.59 Å². The van der Waals surface area contributed by atoms with Gasteiger partial charge >= 0.3 is 0 Å². The summed E-state index contributed by atoms with van der Waals surface area (Å²) in [6.07, 6.45) is 0. The van der Waals surface area contributed by atoms with Crippen LogP contribution in [0.1, 0.15) is 5.56 Å². The Labute approximate surface area is 163 Å². The molecule has 1 aromatic heterocycles. The van der Waals surface area contributed by atoms with Crippen LogP contribution in [0.25, 0.3) is 11.3 Å². The molecule has 26 heavy (non-hydrogen) atoms. The number of nitrogens with zero attached hydrogens (tertiary/aromatic N) is 2. The van der Waals surface area contributed by atoms with E-state index in [0.29, 0.717) is 17.3 Å². The number of carbonyl (C=O) groups excluding carboxylic acids is 1. The molecule has 1 amide bonds. The minimum absolute atomic E-state index is 0.159. The van der Waals surface area contributed by atoms with E-state index in [1.165, 1.54) is 6.07 Å². The van der Waals surface area contributed by atoms with Crippen LogP contribution in [0.4, 0.5) is 0 Å². The van der Waals surface area contributed by atoms with Crippen molar-refractivity contribution in [3.05, 3.63) is 86.1 Å². The third kappa shape index (κ3) is 4.59. The van der Waals surface area contributed by atoms with Crippen molar-refractivity contribution in [2.75, 3.05) is 0 Å². The molecule has 0 spiro atoms. The molecule has 0 fully saturated rings. The summed E-state index contributed by atoms with van der Waals surface area (Å²) in [5, 5.41) is 7.62. The molecule has 5 nitrogen and oxygen atoms in total. The zero-order chi connectivity index (χ0) is 18.5. The summed E-state index contributed by atoms with van der Waals surface area (Å²) in [7, 11) is 0. The first-order chi connectivity index (χ1) is 12.5. The van der Waals surface area contributed by atoms with E-state index in [-0.39, 0.29) is 18.0 Å². The van der Waals surface area contributed by atoms with E-state index in [4.69, 9.17) is 11.6 Å². The van der Waals surface area contributed by atoms with Gasteiger partial charge in [-0.15, -0.1) is 0 Å². The Balaban J connectivity index is 1.71. The van der Waals surface area contributed by atoms with Gasteiger partial charge in [-0.25, -0.2) is 4.68 Å². The lowest BCUT2D eigenvalue weighted by Gasteiger charge is -2.09. The first-order valence-corrected chi connectivity index (χ1v) is 9.04. The van der Waals surface area contributed by atoms with Gasteiger partial charge in [-0.2, -0.15) is 5.10 Å². The van der Waals surface area contributed by atoms with E-state index in [1.54, 1.807) is 12.1 Å². The Bertz CT molecular complexity index is 987. The highest BCUT2D eigenvalue weighted by atomic mass is 79.9. The van der Waals surface area contributed by atoms with Crippen LogP contribution >= 0.6 is 27.5 Å². The fraction of sp³-hybridized carbons (Fsp3) is 0.105. The summed E-state index contributed by atoms with van der Waals surface area (Å²) >= 11 is 9.45. The van der Waals surface area contributed by atoms with Crippen molar-refractivity contribution >= 4 is 33.4 Å². The molecule has 0 aliphatic rings. The van der Waals surface area contributed by atoms with Gasteiger partial charge in [0.1, 0.15) is 6.54 Å². The van der Waals surface area contributed by atoms with E-state index in [0.717, 1.165) is 20.3 Å². The fourth-order valence-electron chi connectivity index (χ4n) is 2.36. The van der Waals surface area contributed by atoms with Crippen LogP contribution in [0.15, 0.2) is 69.9 Å². The number of hydrogen-bond donors (Lipinski definition) is 1. The number of amides is 1. The molecule has 0 aliphatic heterocycles. The number of halogens is 2. The Morgan fingerprint density at radius 2 is 1.81 bits per heavy atom. The minimum Gasteiger partial charge on any atom is -0.350 e. The van der Waals surface area contributed by atoms with Crippen molar-refractivity contribution in [2.24, 2.45) is 0 Å². The van der Waals surface area contributed by atoms with Crippen LogP contribution in [0.5, 0.6) is 0 Å². The molecule has 0 saturated heterocycles. The van der Waals surface area contributed by atoms with Crippen LogP contribution < -0.4 is 10.9 Å². The maximum atomic E-state index is 12.2. The summed E-state index contributed by atoms with van der Waals surface area (Å²) in [5.74, 6) is -0.313. The molecule has 2 aromatic carbocycles. The molecule has 0 bridgehead atoms. The number of benzene rings is 2. The second-order valence-corrected chi connectivity index (χ2v) is 6.91. The highest BCUT2D eigenvalue weighted by Crippen LogP contribution is 2.18. The predicted molar refractivity (Wildman–Crippen MR) is 105 cm³/mol. The molecule has 132 valence electrons. The monoisotopic (exact) mass is 431 g/mol. The Morgan fingerprint density at radius 3 is 2.54 bits per heavy atom. The normalized spacial score (nSPS) is 10.5. The standard InChI is InChI=1S/C19H15BrClN3O2/c20-15-7-5-13(6-8-15)17-9-10-19(26)24(23-17)12-18(25)22-11-14-3-1-2-4-16(14)21/h1-10H,11-12H2,(H,22,25). The summed E-state index contributed by atoms with van der Waals surface area (Å²) < 4.78 is 2.10. The van der Waals surface area contributed by atoms with Gasteiger partial charge < -0.3 is 5.32 Å². The van der Waals surface area contributed by atoms with Gasteiger partial charge in [0.25, 0.3) is 5.56 Å². The molecule has 0 aliphatic carbocycles. The number of rotatable bonds is 5. The van der Waals surface area contributed by atoms with E-state index in [1.807, 2.05) is 42.5 Å². The number of hydrogen-bond acceptors (Lipinski definition) is 3. The second kappa shape index (κ2) is 8.29. The molecular weight excluding hydrogens is 418 g/mol. The molecular formula is C19H15BrClN3O2. The highest BCUT2D eigenvalue weighted by molar-refractivity contribution is 9.10. The summed E-state index contributed by atoms with van der Waals surface area (Å²) in [5.41, 5.74) is 1.96. The van der Waals surface area contributed by atoms with Crippen molar-refractivity contribution in [3.63, 3.8) is 0 Å². The molecule has 0 atom stereocenters. The minimum atomic E-state index is -0.334. The first-order valence-electron chi connectivity index (χ1n) is 7.87. The third-order valence-electron chi connectivity index (χ3n) is 3.73. The van der Waals surface area contributed by atoms with E-state index < -0.39 is 0 Å². The maximum Gasteiger partial charge on any atom is 0.267 e. The molecule has 3 aromatic rings. The number of carbonyl (C=O) groups is 1. The zero-order valence-electron chi connectivity index (χ0n) is 13.7. The largest absolute Gasteiger partial charge is 0.350 e. The SMILES string of the molecule is O=C(Cn1nc(-c2ccc(Br)cc2)ccc1=O)NCc1ccccc1Cl. The Morgan fingerprint density at radius 1 is 1.08 bits per heavy atom. The maximum absolute atomic E-state index is 12.2. The summed E-state index contributed by atoms with van der Waals surface area (Å²) in [6.45, 7) is 0.132. The highest BCUT2D eigenvalue weighted by Gasteiger charge is 2.09. The van der Waals surface area contributed by atoms with E-state index >= 15 is 0 Å². The quantitative estimate of drug-likeness (QED) is 0.669. The van der Waals surface area contributed by atoms with Gasteiger partial charge in [-0.05, 0) is 29.8 Å². The van der Waals surface area contributed by atoms with Crippen LogP contribution in [-0.2, 0) is 17.9 Å². The van der Waals surface area contributed by atoms with Gasteiger partial charge in [-0.1, -0.05) is 57.9 Å². The predicted octanol–water partition coefficient (Wildman–Crippen LogP) is 3.64. The third-order valence-corrected chi connectivity index (χ3v) is 4.63. The molecule has 0 unspecified atom stereocenters. The zero-order valence-corrected chi connectivity index (χ0v) is 16.0. The van der Waals surface area contributed by atoms with Gasteiger partial charge in [0.05, 0.1) is 5.69 Å². The van der Waals surface area contributed by atoms with Gasteiger partial charge in [-0.3, -0.25) is 9.59 Å². The number of nitrogens with one attached hydrogen (secondary N) is 1. The second-order valence-electron chi connectivity index (χ2n) is 5.59. The molecule has 7 heteroatoms. The lowest BCUT2D eigenvalue weighted by atomic mass is 10.1. The van der Waals surface area contributed by atoms with E-state index in [2.05, 4.69) is 26.3 Å². The first kappa shape index (κ1) is 18.4. The Kier molecular flexibility index (Phi) is 5.85. The van der Waals surface area contributed by atoms with Crippen LogP contribution in [-0.4, -0.2) is 15.7 Å². The van der Waals surface area contributed by atoms with Crippen molar-refractivity contribution in [3.8, 4) is 11.3 Å². The van der Waals surface area contributed by atoms with Crippen molar-refractivity contribution in [1.29, 1.82) is 0 Å².